The quantitative estimate of drug-likeness (QED) is 0.898. The van der Waals surface area contributed by atoms with Crippen molar-refractivity contribution in [3.63, 3.8) is 0 Å². The Hall–Kier alpha value is -1.10. The van der Waals surface area contributed by atoms with Crippen LogP contribution in [0.1, 0.15) is 64.1 Å². The molecule has 2 fully saturated rings. The van der Waals surface area contributed by atoms with E-state index in [2.05, 4.69) is 28.9 Å². The summed E-state index contributed by atoms with van der Waals surface area (Å²) in [7, 11) is 0. The Morgan fingerprint density at radius 2 is 2.10 bits per heavy atom. The van der Waals surface area contributed by atoms with Crippen molar-refractivity contribution < 1.29 is 0 Å². The minimum atomic E-state index is 0.208. The van der Waals surface area contributed by atoms with Gasteiger partial charge in [-0.05, 0) is 43.6 Å². The van der Waals surface area contributed by atoms with Crippen LogP contribution in [0.15, 0.2) is 0 Å². The standard InChI is InChI=1S/C16H29N5/c1-12-4-6-13(7-5-12)14-18-15(20-19-14)21-9-3-8-16(2,10-17)11-21/h12-13H,3-11,17H2,1-2H3,(H,18,19,20). The van der Waals surface area contributed by atoms with E-state index in [1.807, 2.05) is 0 Å². The molecule has 0 radical (unpaired) electrons. The summed E-state index contributed by atoms with van der Waals surface area (Å²) in [5.74, 6) is 3.42. The smallest absolute Gasteiger partial charge is 0.244 e. The van der Waals surface area contributed by atoms with Crippen molar-refractivity contribution in [2.45, 2.75) is 58.3 Å². The van der Waals surface area contributed by atoms with Gasteiger partial charge in [0.2, 0.25) is 5.95 Å². The lowest BCUT2D eigenvalue weighted by Crippen LogP contribution is -2.46. The maximum absolute atomic E-state index is 5.94. The molecular weight excluding hydrogens is 262 g/mol. The van der Waals surface area contributed by atoms with Gasteiger partial charge in [-0.25, -0.2) is 0 Å². The Balaban J connectivity index is 1.67. The largest absolute Gasteiger partial charge is 0.339 e. The number of hydrogen-bond donors (Lipinski definition) is 2. The summed E-state index contributed by atoms with van der Waals surface area (Å²) >= 11 is 0. The summed E-state index contributed by atoms with van der Waals surface area (Å²) in [4.78, 5) is 7.11. The van der Waals surface area contributed by atoms with E-state index in [1.165, 1.54) is 38.5 Å². The second kappa shape index (κ2) is 5.95. The van der Waals surface area contributed by atoms with Gasteiger partial charge in [0.25, 0.3) is 0 Å². The van der Waals surface area contributed by atoms with E-state index in [1.54, 1.807) is 0 Å². The third kappa shape index (κ3) is 3.23. The molecule has 2 aliphatic rings. The maximum Gasteiger partial charge on any atom is 0.244 e. The predicted molar refractivity (Wildman–Crippen MR) is 85.4 cm³/mol. The lowest BCUT2D eigenvalue weighted by molar-refractivity contribution is 0.270. The molecule has 5 nitrogen and oxygen atoms in total. The van der Waals surface area contributed by atoms with Crippen molar-refractivity contribution in [1.29, 1.82) is 0 Å². The normalized spacial score (nSPS) is 34.1. The first kappa shape index (κ1) is 14.8. The molecule has 118 valence electrons. The molecule has 1 aliphatic carbocycles. The molecule has 1 aliphatic heterocycles. The van der Waals surface area contributed by atoms with Gasteiger partial charge < -0.3 is 10.6 Å². The van der Waals surface area contributed by atoms with Crippen LogP contribution in [0.4, 0.5) is 5.95 Å². The highest BCUT2D eigenvalue weighted by atomic mass is 15.4. The third-order valence-electron chi connectivity index (χ3n) is 5.45. The third-order valence-corrected chi connectivity index (χ3v) is 5.45. The van der Waals surface area contributed by atoms with Crippen LogP contribution in [-0.2, 0) is 0 Å². The average molecular weight is 291 g/mol. The second-order valence-electron chi connectivity index (χ2n) is 7.52. The van der Waals surface area contributed by atoms with Gasteiger partial charge in [-0.3, -0.25) is 5.10 Å². The molecule has 1 aromatic rings. The number of rotatable bonds is 3. The van der Waals surface area contributed by atoms with Crippen molar-refractivity contribution in [3.05, 3.63) is 5.82 Å². The minimum absolute atomic E-state index is 0.208. The number of hydrogen-bond acceptors (Lipinski definition) is 4. The fourth-order valence-electron chi connectivity index (χ4n) is 3.78. The average Bonchev–Trinajstić information content (AvgIpc) is 2.98. The lowest BCUT2D eigenvalue weighted by Gasteiger charge is -2.39. The second-order valence-corrected chi connectivity index (χ2v) is 7.52. The first-order chi connectivity index (χ1) is 10.1. The monoisotopic (exact) mass is 291 g/mol. The van der Waals surface area contributed by atoms with E-state index in [0.29, 0.717) is 5.92 Å². The number of nitrogens with one attached hydrogen (secondary N) is 1. The van der Waals surface area contributed by atoms with Crippen molar-refractivity contribution >= 4 is 5.95 Å². The van der Waals surface area contributed by atoms with E-state index >= 15 is 0 Å². The van der Waals surface area contributed by atoms with Gasteiger partial charge in [-0.2, -0.15) is 4.98 Å². The number of H-pyrrole nitrogens is 1. The fraction of sp³-hybridized carbons (Fsp3) is 0.875. The molecule has 3 rings (SSSR count). The lowest BCUT2D eigenvalue weighted by atomic mass is 9.82. The molecule has 21 heavy (non-hydrogen) atoms. The molecule has 5 heteroatoms. The topological polar surface area (TPSA) is 70.8 Å². The molecule has 0 bridgehead atoms. The molecular formula is C16H29N5. The minimum Gasteiger partial charge on any atom is -0.339 e. The zero-order chi connectivity index (χ0) is 14.9. The van der Waals surface area contributed by atoms with Crippen LogP contribution in [0, 0.1) is 11.3 Å². The molecule has 1 aromatic heterocycles. The molecule has 1 atom stereocenters. The van der Waals surface area contributed by atoms with Crippen LogP contribution in [0.25, 0.3) is 0 Å². The fourth-order valence-corrected chi connectivity index (χ4v) is 3.78. The molecule has 2 heterocycles. The number of nitrogens with two attached hydrogens (primary N) is 1. The molecule has 1 saturated carbocycles. The zero-order valence-electron chi connectivity index (χ0n) is 13.4. The highest BCUT2D eigenvalue weighted by molar-refractivity contribution is 5.31. The molecule has 0 spiro atoms. The maximum atomic E-state index is 5.94. The van der Waals surface area contributed by atoms with E-state index < -0.39 is 0 Å². The first-order valence-electron chi connectivity index (χ1n) is 8.47. The zero-order valence-corrected chi connectivity index (χ0v) is 13.4. The van der Waals surface area contributed by atoms with Crippen molar-refractivity contribution in [2.75, 3.05) is 24.5 Å². The summed E-state index contributed by atoms with van der Waals surface area (Å²) in [5, 5.41) is 7.68. The summed E-state index contributed by atoms with van der Waals surface area (Å²) in [6, 6.07) is 0. The van der Waals surface area contributed by atoms with Gasteiger partial charge in [0.05, 0.1) is 0 Å². The first-order valence-corrected chi connectivity index (χ1v) is 8.47. The van der Waals surface area contributed by atoms with Crippen molar-refractivity contribution in [3.8, 4) is 0 Å². The van der Waals surface area contributed by atoms with Gasteiger partial charge in [0.1, 0.15) is 5.82 Å². The van der Waals surface area contributed by atoms with Crippen LogP contribution in [-0.4, -0.2) is 34.8 Å². The van der Waals surface area contributed by atoms with Gasteiger partial charge in [0, 0.05) is 19.0 Å². The van der Waals surface area contributed by atoms with E-state index in [-0.39, 0.29) is 5.41 Å². The van der Waals surface area contributed by atoms with Crippen LogP contribution >= 0.6 is 0 Å². The number of aromatic amines is 1. The van der Waals surface area contributed by atoms with Crippen LogP contribution < -0.4 is 10.6 Å². The van der Waals surface area contributed by atoms with Crippen molar-refractivity contribution in [2.24, 2.45) is 17.1 Å². The Labute approximate surface area is 127 Å². The predicted octanol–water partition coefficient (Wildman–Crippen LogP) is 2.66. The van der Waals surface area contributed by atoms with Crippen LogP contribution in [0.3, 0.4) is 0 Å². The van der Waals surface area contributed by atoms with Gasteiger partial charge in [-0.15, -0.1) is 5.10 Å². The number of aromatic nitrogens is 3. The Kier molecular flexibility index (Phi) is 4.20. The molecule has 3 N–H and O–H groups in total. The van der Waals surface area contributed by atoms with Crippen molar-refractivity contribution in [1.82, 2.24) is 15.2 Å². The highest BCUT2D eigenvalue weighted by Gasteiger charge is 2.32. The Bertz CT molecular complexity index is 463. The summed E-state index contributed by atoms with van der Waals surface area (Å²) < 4.78 is 0. The number of piperidine rings is 1. The summed E-state index contributed by atoms with van der Waals surface area (Å²) in [6.45, 7) is 7.39. The van der Waals surface area contributed by atoms with Gasteiger partial charge in [0.15, 0.2) is 0 Å². The Morgan fingerprint density at radius 1 is 1.33 bits per heavy atom. The van der Waals surface area contributed by atoms with E-state index in [9.17, 15) is 0 Å². The molecule has 1 unspecified atom stereocenters. The molecule has 1 saturated heterocycles. The number of anilines is 1. The van der Waals surface area contributed by atoms with E-state index in [4.69, 9.17) is 10.7 Å². The van der Waals surface area contributed by atoms with Crippen LogP contribution in [0.5, 0.6) is 0 Å². The van der Waals surface area contributed by atoms with Crippen LogP contribution in [0.2, 0.25) is 0 Å². The summed E-state index contributed by atoms with van der Waals surface area (Å²) in [5.41, 5.74) is 6.15. The Morgan fingerprint density at radius 3 is 2.81 bits per heavy atom. The van der Waals surface area contributed by atoms with Gasteiger partial charge >= 0.3 is 0 Å². The molecule has 0 amide bonds. The van der Waals surface area contributed by atoms with E-state index in [0.717, 1.165) is 37.3 Å². The summed E-state index contributed by atoms with van der Waals surface area (Å²) in [6.07, 6.45) is 7.51. The molecule has 0 aromatic carbocycles. The van der Waals surface area contributed by atoms with Gasteiger partial charge in [-0.1, -0.05) is 26.7 Å². The SMILES string of the molecule is CC1CCC(c2nc(N3CCCC(C)(CN)C3)n[nH]2)CC1. The number of nitrogens with zero attached hydrogens (tertiary/aromatic N) is 3. The highest BCUT2D eigenvalue weighted by Crippen LogP contribution is 2.35.